The molecule has 1 aliphatic carbocycles. The van der Waals surface area contributed by atoms with Gasteiger partial charge in [0.05, 0.1) is 27.8 Å². The molecule has 158 valence electrons. The SMILES string of the molecule is O=C(NC1CCCc2cccnc21)c1csc(CCCCc2nc3ccccc3[nH]2)n1. The fourth-order valence-electron chi connectivity index (χ4n) is 4.20. The van der Waals surface area contributed by atoms with E-state index in [-0.39, 0.29) is 11.9 Å². The minimum atomic E-state index is -0.103. The molecule has 2 N–H and O–H groups in total. The van der Waals surface area contributed by atoms with E-state index in [4.69, 9.17) is 0 Å². The molecule has 1 amide bonds. The van der Waals surface area contributed by atoms with Gasteiger partial charge in [-0.15, -0.1) is 11.3 Å². The minimum Gasteiger partial charge on any atom is -0.342 e. The van der Waals surface area contributed by atoms with E-state index in [9.17, 15) is 4.79 Å². The Labute approximate surface area is 185 Å². The fraction of sp³-hybridized carbons (Fsp3) is 0.333. The first-order valence-corrected chi connectivity index (χ1v) is 11.8. The average molecular weight is 432 g/mol. The van der Waals surface area contributed by atoms with E-state index in [1.54, 1.807) is 17.5 Å². The van der Waals surface area contributed by atoms with Gasteiger partial charge in [-0.05, 0) is 62.3 Å². The van der Waals surface area contributed by atoms with Gasteiger partial charge in [0.25, 0.3) is 5.91 Å². The van der Waals surface area contributed by atoms with Crippen molar-refractivity contribution in [3.05, 3.63) is 75.8 Å². The number of H-pyrrole nitrogens is 1. The Morgan fingerprint density at radius 3 is 2.97 bits per heavy atom. The van der Waals surface area contributed by atoms with Crippen LogP contribution < -0.4 is 5.32 Å². The second-order valence-electron chi connectivity index (χ2n) is 8.00. The molecule has 1 atom stereocenters. The van der Waals surface area contributed by atoms with E-state index in [1.165, 1.54) is 5.56 Å². The number of aromatic nitrogens is 4. The number of thiazole rings is 1. The summed E-state index contributed by atoms with van der Waals surface area (Å²) in [6.07, 6.45) is 8.68. The molecule has 1 aromatic carbocycles. The molecule has 0 saturated heterocycles. The molecular formula is C24H25N5OS. The minimum absolute atomic E-state index is 0.0218. The summed E-state index contributed by atoms with van der Waals surface area (Å²) >= 11 is 1.56. The maximum Gasteiger partial charge on any atom is 0.271 e. The number of hydrogen-bond donors (Lipinski definition) is 2. The molecule has 0 bridgehead atoms. The lowest BCUT2D eigenvalue weighted by molar-refractivity contribution is 0.0927. The van der Waals surface area contributed by atoms with Crippen LogP contribution in [-0.4, -0.2) is 25.8 Å². The monoisotopic (exact) mass is 431 g/mol. The number of nitrogens with zero attached hydrogens (tertiary/aromatic N) is 3. The summed E-state index contributed by atoms with van der Waals surface area (Å²) in [6.45, 7) is 0. The van der Waals surface area contributed by atoms with Crippen molar-refractivity contribution < 1.29 is 4.79 Å². The highest BCUT2D eigenvalue weighted by molar-refractivity contribution is 7.09. The van der Waals surface area contributed by atoms with Gasteiger partial charge in [-0.25, -0.2) is 9.97 Å². The highest BCUT2D eigenvalue weighted by Crippen LogP contribution is 2.28. The molecule has 3 heterocycles. The Kier molecular flexibility index (Phi) is 5.76. The van der Waals surface area contributed by atoms with Crippen LogP contribution in [0.5, 0.6) is 0 Å². The lowest BCUT2D eigenvalue weighted by Gasteiger charge is -2.24. The molecular weight excluding hydrogens is 406 g/mol. The molecule has 4 aromatic rings. The second kappa shape index (κ2) is 8.98. The number of benzene rings is 1. The van der Waals surface area contributed by atoms with Crippen molar-refractivity contribution >= 4 is 28.3 Å². The van der Waals surface area contributed by atoms with Crippen LogP contribution in [0.4, 0.5) is 0 Å². The zero-order valence-corrected chi connectivity index (χ0v) is 18.1. The lowest BCUT2D eigenvalue weighted by atomic mass is 9.92. The molecule has 0 saturated carbocycles. The largest absolute Gasteiger partial charge is 0.342 e. The first-order chi connectivity index (χ1) is 15.3. The van der Waals surface area contributed by atoms with E-state index < -0.39 is 0 Å². The van der Waals surface area contributed by atoms with E-state index >= 15 is 0 Å². The Balaban J connectivity index is 1.13. The van der Waals surface area contributed by atoms with Gasteiger partial charge in [0, 0.05) is 18.0 Å². The van der Waals surface area contributed by atoms with Gasteiger partial charge in [-0.3, -0.25) is 9.78 Å². The predicted molar refractivity (Wildman–Crippen MR) is 122 cm³/mol. The number of fused-ring (bicyclic) bond motifs is 2. The van der Waals surface area contributed by atoms with E-state index in [0.29, 0.717) is 5.69 Å². The molecule has 3 aromatic heterocycles. The first-order valence-electron chi connectivity index (χ1n) is 10.9. The molecule has 1 unspecified atom stereocenters. The third-order valence-electron chi connectivity index (χ3n) is 5.78. The Morgan fingerprint density at radius 1 is 1.13 bits per heavy atom. The van der Waals surface area contributed by atoms with E-state index in [2.05, 4.69) is 37.4 Å². The summed E-state index contributed by atoms with van der Waals surface area (Å²) < 4.78 is 0. The van der Waals surface area contributed by atoms with Crippen molar-refractivity contribution in [1.82, 2.24) is 25.3 Å². The lowest BCUT2D eigenvalue weighted by Crippen LogP contribution is -2.31. The van der Waals surface area contributed by atoms with Gasteiger partial charge in [0.15, 0.2) is 0 Å². The normalized spacial score (nSPS) is 15.7. The van der Waals surface area contributed by atoms with Crippen LogP contribution in [-0.2, 0) is 19.3 Å². The fourth-order valence-corrected chi connectivity index (χ4v) is 5.03. The summed E-state index contributed by atoms with van der Waals surface area (Å²) in [6, 6.07) is 12.1. The summed E-state index contributed by atoms with van der Waals surface area (Å²) in [5, 5.41) is 6.01. The summed E-state index contributed by atoms with van der Waals surface area (Å²) in [5.74, 6) is 0.926. The maximum atomic E-state index is 12.7. The van der Waals surface area contributed by atoms with Crippen molar-refractivity contribution in [3.8, 4) is 0 Å². The van der Waals surface area contributed by atoms with Crippen LogP contribution in [0.2, 0.25) is 0 Å². The van der Waals surface area contributed by atoms with Crippen molar-refractivity contribution in [2.24, 2.45) is 0 Å². The third-order valence-corrected chi connectivity index (χ3v) is 6.69. The first kappa shape index (κ1) is 19.9. The van der Waals surface area contributed by atoms with Crippen molar-refractivity contribution in [2.45, 2.75) is 51.0 Å². The molecule has 0 aliphatic heterocycles. The standard InChI is InChI=1S/C24H25N5OS/c30-24(29-19-11-5-7-16-8-6-14-25-23(16)19)20-15-31-22(28-20)13-4-3-12-21-26-17-9-1-2-10-18(17)27-21/h1-2,6,8-10,14-15,19H,3-5,7,11-13H2,(H,26,27)(H,29,30). The summed E-state index contributed by atoms with van der Waals surface area (Å²) in [7, 11) is 0. The van der Waals surface area contributed by atoms with Gasteiger partial charge in [-0.2, -0.15) is 0 Å². The third kappa shape index (κ3) is 4.51. The van der Waals surface area contributed by atoms with Crippen LogP contribution >= 0.6 is 11.3 Å². The number of aromatic amines is 1. The Bertz CT molecular complexity index is 1160. The highest BCUT2D eigenvalue weighted by Gasteiger charge is 2.24. The molecule has 31 heavy (non-hydrogen) atoms. The Hall–Kier alpha value is -3.06. The number of imidazole rings is 1. The number of para-hydroxylation sites is 2. The molecule has 0 spiro atoms. The number of carbonyl (C=O) groups excluding carboxylic acids is 1. The number of carbonyl (C=O) groups is 1. The van der Waals surface area contributed by atoms with Crippen LogP contribution in [0.1, 0.15) is 64.3 Å². The van der Waals surface area contributed by atoms with E-state index in [0.717, 1.165) is 72.5 Å². The topological polar surface area (TPSA) is 83.6 Å². The highest BCUT2D eigenvalue weighted by atomic mass is 32.1. The quantitative estimate of drug-likeness (QED) is 0.412. The molecule has 0 fully saturated rings. The van der Waals surface area contributed by atoms with Gasteiger partial charge in [0.1, 0.15) is 11.5 Å². The van der Waals surface area contributed by atoms with Crippen LogP contribution in [0.3, 0.4) is 0 Å². The van der Waals surface area contributed by atoms with Crippen molar-refractivity contribution in [1.29, 1.82) is 0 Å². The molecule has 1 aliphatic rings. The van der Waals surface area contributed by atoms with Gasteiger partial charge >= 0.3 is 0 Å². The van der Waals surface area contributed by atoms with E-state index in [1.807, 2.05) is 29.6 Å². The van der Waals surface area contributed by atoms with Gasteiger partial charge < -0.3 is 10.3 Å². The zero-order valence-electron chi connectivity index (χ0n) is 17.3. The van der Waals surface area contributed by atoms with Crippen molar-refractivity contribution in [2.75, 3.05) is 0 Å². The number of unbranched alkanes of at least 4 members (excludes halogenated alkanes) is 1. The molecule has 7 heteroatoms. The van der Waals surface area contributed by atoms with Gasteiger partial charge in [-0.1, -0.05) is 18.2 Å². The number of aryl methyl sites for hydroxylation is 3. The predicted octanol–water partition coefficient (Wildman–Crippen LogP) is 4.79. The maximum absolute atomic E-state index is 12.7. The summed E-state index contributed by atoms with van der Waals surface area (Å²) in [4.78, 5) is 29.8. The number of pyridine rings is 1. The van der Waals surface area contributed by atoms with Crippen LogP contribution in [0, 0.1) is 0 Å². The molecule has 5 rings (SSSR count). The zero-order chi connectivity index (χ0) is 21.0. The number of hydrogen-bond acceptors (Lipinski definition) is 5. The smallest absolute Gasteiger partial charge is 0.271 e. The average Bonchev–Trinajstić information content (AvgIpc) is 3.44. The molecule has 6 nitrogen and oxygen atoms in total. The summed E-state index contributed by atoms with van der Waals surface area (Å²) in [5.41, 5.74) is 4.86. The number of amides is 1. The molecule has 0 radical (unpaired) electrons. The van der Waals surface area contributed by atoms with Crippen LogP contribution in [0.15, 0.2) is 48.0 Å². The second-order valence-corrected chi connectivity index (χ2v) is 8.94. The van der Waals surface area contributed by atoms with Crippen molar-refractivity contribution in [3.63, 3.8) is 0 Å². The Morgan fingerprint density at radius 2 is 2.03 bits per heavy atom. The number of rotatable bonds is 7. The number of nitrogens with one attached hydrogen (secondary N) is 2. The van der Waals surface area contributed by atoms with Gasteiger partial charge in [0.2, 0.25) is 0 Å². The van der Waals surface area contributed by atoms with Crippen LogP contribution in [0.25, 0.3) is 11.0 Å².